The summed E-state index contributed by atoms with van der Waals surface area (Å²) in [5, 5.41) is 0. The van der Waals surface area contributed by atoms with Crippen molar-refractivity contribution in [2.75, 3.05) is 37.3 Å². The molecule has 6 rings (SSSR count). The Labute approximate surface area is 199 Å². The predicted molar refractivity (Wildman–Crippen MR) is 134 cm³/mol. The van der Waals surface area contributed by atoms with Crippen LogP contribution in [0.4, 0.5) is 5.69 Å². The number of piperazine rings is 1. The van der Waals surface area contributed by atoms with E-state index in [1.54, 1.807) is 24.3 Å². The van der Waals surface area contributed by atoms with Crippen molar-refractivity contribution in [3.63, 3.8) is 0 Å². The number of hydrogen-bond acceptors (Lipinski definition) is 6. The van der Waals surface area contributed by atoms with E-state index in [-0.39, 0.29) is 0 Å². The van der Waals surface area contributed by atoms with E-state index in [1.807, 2.05) is 12.1 Å². The van der Waals surface area contributed by atoms with Crippen molar-refractivity contribution in [1.82, 2.24) is 9.88 Å². The lowest BCUT2D eigenvalue weighted by molar-refractivity contribution is 0.248. The maximum Gasteiger partial charge on any atom is 0.284 e. The van der Waals surface area contributed by atoms with E-state index >= 15 is 0 Å². The van der Waals surface area contributed by atoms with Gasteiger partial charge in [0.25, 0.3) is 6.39 Å². The second kappa shape index (κ2) is 8.25. The number of rotatable bonds is 5. The Balaban J connectivity index is 1.27. The third kappa shape index (κ3) is 3.99. The van der Waals surface area contributed by atoms with Crippen LogP contribution in [0.25, 0.3) is 33.4 Å². The van der Waals surface area contributed by atoms with Crippen LogP contribution in [0, 0.1) is 6.39 Å². The van der Waals surface area contributed by atoms with Gasteiger partial charge in [0.15, 0.2) is 15.4 Å². The second-order valence-corrected chi connectivity index (χ2v) is 11.3. The van der Waals surface area contributed by atoms with Crippen molar-refractivity contribution in [3.8, 4) is 22.3 Å². The SMILES string of the molecule is CS(=O)(=O)c1ccc(-c2ccc(-c3ccc(N4CCN(C5CC5)CC4)cc3)c3n[c]oc23)cc1. The molecule has 3 aromatic carbocycles. The fourth-order valence-corrected chi connectivity index (χ4v) is 5.51. The minimum Gasteiger partial charge on any atom is -0.432 e. The van der Waals surface area contributed by atoms with Gasteiger partial charge in [-0.1, -0.05) is 30.3 Å². The van der Waals surface area contributed by atoms with E-state index in [9.17, 15) is 8.42 Å². The first-order valence-corrected chi connectivity index (χ1v) is 13.6. The van der Waals surface area contributed by atoms with Gasteiger partial charge in [0.1, 0.15) is 5.52 Å². The van der Waals surface area contributed by atoms with Crippen LogP contribution in [-0.2, 0) is 9.84 Å². The molecule has 173 valence electrons. The van der Waals surface area contributed by atoms with Crippen LogP contribution in [-0.4, -0.2) is 56.8 Å². The highest BCUT2D eigenvalue weighted by Crippen LogP contribution is 2.36. The third-order valence-electron chi connectivity index (χ3n) is 6.95. The molecule has 0 bridgehead atoms. The molecular weight excluding hydrogens is 446 g/mol. The molecule has 2 fully saturated rings. The van der Waals surface area contributed by atoms with Crippen molar-refractivity contribution in [2.24, 2.45) is 0 Å². The number of oxazole rings is 1. The smallest absolute Gasteiger partial charge is 0.284 e. The van der Waals surface area contributed by atoms with Gasteiger partial charge in [-0.25, -0.2) is 13.4 Å². The van der Waals surface area contributed by atoms with Crippen LogP contribution in [0.3, 0.4) is 0 Å². The topological polar surface area (TPSA) is 66.7 Å². The summed E-state index contributed by atoms with van der Waals surface area (Å²) in [6.45, 7) is 4.44. The molecule has 4 aromatic rings. The lowest BCUT2D eigenvalue weighted by atomic mass is 9.98. The number of benzene rings is 3. The van der Waals surface area contributed by atoms with Gasteiger partial charge in [-0.05, 0) is 54.3 Å². The standard InChI is InChI=1S/C27H26N3O3S/c1-34(31,32)23-10-4-20(5-11-23)25-13-12-24(26-27(25)33-18-28-26)19-2-6-21(7-3-19)29-14-16-30(17-15-29)22-8-9-22/h2-7,10-13,22H,8-9,14-17H2,1H3. The van der Waals surface area contributed by atoms with E-state index in [0.717, 1.165) is 60.0 Å². The summed E-state index contributed by atoms with van der Waals surface area (Å²) in [4.78, 5) is 9.76. The van der Waals surface area contributed by atoms with E-state index in [2.05, 4.69) is 45.4 Å². The largest absolute Gasteiger partial charge is 0.432 e. The van der Waals surface area contributed by atoms with Crippen LogP contribution in [0.2, 0.25) is 0 Å². The average Bonchev–Trinajstić information content (AvgIpc) is 3.59. The van der Waals surface area contributed by atoms with Crippen LogP contribution >= 0.6 is 0 Å². The molecule has 0 unspecified atom stereocenters. The molecule has 0 amide bonds. The normalized spacial score (nSPS) is 17.4. The number of fused-ring (bicyclic) bond motifs is 1. The molecule has 1 saturated carbocycles. The lowest BCUT2D eigenvalue weighted by Gasteiger charge is -2.36. The molecule has 2 aliphatic rings. The summed E-state index contributed by atoms with van der Waals surface area (Å²) >= 11 is 0. The maximum atomic E-state index is 11.8. The minimum absolute atomic E-state index is 0.294. The number of hydrogen-bond donors (Lipinski definition) is 0. The Kier molecular flexibility index (Phi) is 5.19. The zero-order chi connectivity index (χ0) is 23.3. The van der Waals surface area contributed by atoms with Gasteiger partial charge in [0.2, 0.25) is 0 Å². The van der Waals surface area contributed by atoms with Gasteiger partial charge < -0.3 is 9.32 Å². The van der Waals surface area contributed by atoms with E-state index in [1.165, 1.54) is 24.8 Å². The Morgan fingerprint density at radius 3 is 2.12 bits per heavy atom. The van der Waals surface area contributed by atoms with Crippen molar-refractivity contribution in [2.45, 2.75) is 23.8 Å². The quantitative estimate of drug-likeness (QED) is 0.421. The Morgan fingerprint density at radius 1 is 0.853 bits per heavy atom. The highest BCUT2D eigenvalue weighted by Gasteiger charge is 2.31. The number of anilines is 1. The van der Waals surface area contributed by atoms with Crippen LogP contribution in [0.1, 0.15) is 12.8 Å². The van der Waals surface area contributed by atoms with Gasteiger partial charge in [0.05, 0.1) is 4.90 Å². The molecule has 1 aliphatic carbocycles. The van der Waals surface area contributed by atoms with Crippen molar-refractivity contribution in [1.29, 1.82) is 0 Å². The molecule has 34 heavy (non-hydrogen) atoms. The fourth-order valence-electron chi connectivity index (χ4n) is 4.88. The zero-order valence-corrected chi connectivity index (χ0v) is 19.9. The molecule has 0 spiro atoms. The Bertz CT molecular complexity index is 1430. The van der Waals surface area contributed by atoms with Crippen LogP contribution in [0.15, 0.2) is 70.0 Å². The highest BCUT2D eigenvalue weighted by molar-refractivity contribution is 7.90. The van der Waals surface area contributed by atoms with E-state index in [0.29, 0.717) is 10.5 Å². The number of aromatic nitrogens is 1. The van der Waals surface area contributed by atoms with Crippen LogP contribution < -0.4 is 4.90 Å². The first kappa shape index (κ1) is 21.4. The monoisotopic (exact) mass is 472 g/mol. The summed E-state index contributed by atoms with van der Waals surface area (Å²) in [6.07, 6.45) is 6.59. The van der Waals surface area contributed by atoms with Crippen molar-refractivity contribution >= 4 is 26.6 Å². The molecule has 0 N–H and O–H groups in total. The molecule has 1 aliphatic heterocycles. The van der Waals surface area contributed by atoms with E-state index < -0.39 is 9.84 Å². The number of sulfone groups is 1. The zero-order valence-electron chi connectivity index (χ0n) is 19.1. The lowest BCUT2D eigenvalue weighted by Crippen LogP contribution is -2.47. The van der Waals surface area contributed by atoms with Crippen molar-refractivity contribution in [3.05, 3.63) is 67.1 Å². The highest BCUT2D eigenvalue weighted by atomic mass is 32.2. The van der Waals surface area contributed by atoms with Gasteiger partial charge in [0, 0.05) is 55.3 Å². The summed E-state index contributed by atoms with van der Waals surface area (Å²) in [6, 6.07) is 20.4. The summed E-state index contributed by atoms with van der Waals surface area (Å²) in [5.74, 6) is 0. The van der Waals surface area contributed by atoms with Gasteiger partial charge in [-0.3, -0.25) is 4.90 Å². The third-order valence-corrected chi connectivity index (χ3v) is 8.08. The predicted octanol–water partition coefficient (Wildman–Crippen LogP) is 4.65. The molecule has 0 atom stereocenters. The molecule has 1 aromatic heterocycles. The van der Waals surface area contributed by atoms with Crippen molar-refractivity contribution < 1.29 is 12.8 Å². The molecule has 6 nitrogen and oxygen atoms in total. The molecule has 1 saturated heterocycles. The number of nitrogens with zero attached hydrogens (tertiary/aromatic N) is 3. The maximum absolute atomic E-state index is 11.8. The fraction of sp³-hybridized carbons (Fsp3) is 0.296. The Hall–Kier alpha value is -3.16. The second-order valence-electron chi connectivity index (χ2n) is 9.24. The van der Waals surface area contributed by atoms with Gasteiger partial charge in [-0.2, -0.15) is 0 Å². The minimum atomic E-state index is -3.24. The first-order valence-electron chi connectivity index (χ1n) is 11.7. The molecule has 1 radical (unpaired) electrons. The van der Waals surface area contributed by atoms with Gasteiger partial charge >= 0.3 is 0 Å². The summed E-state index contributed by atoms with van der Waals surface area (Å²) in [5.41, 5.74) is 6.44. The first-order chi connectivity index (χ1) is 16.5. The summed E-state index contributed by atoms with van der Waals surface area (Å²) < 4.78 is 29.2. The average molecular weight is 473 g/mol. The van der Waals surface area contributed by atoms with Crippen LogP contribution in [0.5, 0.6) is 0 Å². The molecular formula is C27H26N3O3S. The van der Waals surface area contributed by atoms with E-state index in [4.69, 9.17) is 4.42 Å². The van der Waals surface area contributed by atoms with Gasteiger partial charge in [-0.15, -0.1) is 0 Å². The Morgan fingerprint density at radius 2 is 1.47 bits per heavy atom. The molecule has 7 heteroatoms. The molecule has 2 heterocycles. The summed E-state index contributed by atoms with van der Waals surface area (Å²) in [7, 11) is -3.24.